The number of rotatable bonds is 9. The molecule has 0 aliphatic rings. The predicted molar refractivity (Wildman–Crippen MR) is 156 cm³/mol. The minimum absolute atomic E-state index is 0.0212. The molecule has 0 unspecified atom stereocenters. The SMILES string of the molecule is Cc1ccc(Nc2nc(N/N=C/c3ccc(-c4ccc(Cl)cc4)o3)nc(Nc3ccc([N+](=O)[O-])cc3)n2)cc1C. The van der Waals surface area contributed by atoms with Crippen molar-refractivity contribution >= 4 is 52.7 Å². The third-order valence-corrected chi connectivity index (χ3v) is 6.10. The number of hydrazone groups is 1. The highest BCUT2D eigenvalue weighted by Gasteiger charge is 2.10. The number of non-ortho nitro benzene ring substituents is 1. The van der Waals surface area contributed by atoms with E-state index in [0.717, 1.165) is 22.4 Å². The number of nitro benzene ring substituents is 1. The van der Waals surface area contributed by atoms with E-state index in [1.54, 1.807) is 30.3 Å². The second kappa shape index (κ2) is 11.6. The number of benzene rings is 3. The maximum atomic E-state index is 11.0. The van der Waals surface area contributed by atoms with Crippen LogP contribution in [-0.2, 0) is 0 Å². The van der Waals surface area contributed by atoms with Crippen LogP contribution in [0.5, 0.6) is 0 Å². The van der Waals surface area contributed by atoms with Gasteiger partial charge in [-0.2, -0.15) is 20.1 Å². The quantitative estimate of drug-likeness (QED) is 0.0974. The number of nitrogens with zero attached hydrogens (tertiary/aromatic N) is 5. The highest BCUT2D eigenvalue weighted by molar-refractivity contribution is 6.30. The van der Waals surface area contributed by atoms with E-state index >= 15 is 0 Å². The van der Waals surface area contributed by atoms with Gasteiger partial charge >= 0.3 is 0 Å². The highest BCUT2D eigenvalue weighted by atomic mass is 35.5. The number of nitro groups is 1. The van der Waals surface area contributed by atoms with E-state index in [1.165, 1.54) is 18.3 Å². The number of hydrogen-bond donors (Lipinski definition) is 3. The number of nitrogens with one attached hydrogen (secondary N) is 3. The Hall–Kier alpha value is -5.29. The van der Waals surface area contributed by atoms with Crippen LogP contribution in [0.2, 0.25) is 5.02 Å². The minimum atomic E-state index is -0.463. The van der Waals surface area contributed by atoms with Crippen LogP contribution in [0.15, 0.2) is 88.4 Å². The zero-order chi connectivity index (χ0) is 28.1. The summed E-state index contributed by atoms with van der Waals surface area (Å²) in [6.45, 7) is 4.05. The monoisotopic (exact) mass is 554 g/mol. The van der Waals surface area contributed by atoms with Gasteiger partial charge in [-0.05, 0) is 85.6 Å². The number of hydrogen-bond acceptors (Lipinski definition) is 10. The second-order valence-corrected chi connectivity index (χ2v) is 9.17. The molecule has 40 heavy (non-hydrogen) atoms. The summed E-state index contributed by atoms with van der Waals surface area (Å²) in [5.74, 6) is 1.82. The van der Waals surface area contributed by atoms with Crippen molar-refractivity contribution < 1.29 is 9.34 Å². The van der Waals surface area contributed by atoms with Crippen molar-refractivity contribution in [1.29, 1.82) is 0 Å². The number of aromatic nitrogens is 3. The predicted octanol–water partition coefficient (Wildman–Crippen LogP) is 7.24. The van der Waals surface area contributed by atoms with E-state index in [2.05, 4.69) is 36.1 Å². The lowest BCUT2D eigenvalue weighted by Crippen LogP contribution is -2.07. The molecule has 0 atom stereocenters. The van der Waals surface area contributed by atoms with Gasteiger partial charge in [0.1, 0.15) is 11.5 Å². The summed E-state index contributed by atoms with van der Waals surface area (Å²) in [4.78, 5) is 23.8. The Labute approximate surface area is 234 Å². The fraction of sp³-hybridized carbons (Fsp3) is 0.0714. The third kappa shape index (κ3) is 6.58. The van der Waals surface area contributed by atoms with Crippen molar-refractivity contribution in [2.24, 2.45) is 5.10 Å². The molecule has 12 heteroatoms. The van der Waals surface area contributed by atoms with E-state index in [9.17, 15) is 10.1 Å². The van der Waals surface area contributed by atoms with Crippen LogP contribution in [0.1, 0.15) is 16.9 Å². The van der Waals surface area contributed by atoms with E-state index in [4.69, 9.17) is 16.0 Å². The summed E-state index contributed by atoms with van der Waals surface area (Å²) >= 11 is 5.96. The van der Waals surface area contributed by atoms with Crippen molar-refractivity contribution in [3.63, 3.8) is 0 Å². The summed E-state index contributed by atoms with van der Waals surface area (Å²) < 4.78 is 5.84. The molecule has 2 heterocycles. The van der Waals surface area contributed by atoms with Crippen LogP contribution >= 0.6 is 11.6 Å². The molecule has 3 aromatic carbocycles. The molecule has 0 saturated carbocycles. The number of furan rings is 1. The molecule has 2 aromatic heterocycles. The molecule has 0 aliphatic heterocycles. The Bertz CT molecular complexity index is 1690. The lowest BCUT2D eigenvalue weighted by atomic mass is 10.1. The Kier molecular flexibility index (Phi) is 7.65. The average molecular weight is 555 g/mol. The topological polar surface area (TPSA) is 143 Å². The smallest absolute Gasteiger partial charge is 0.269 e. The van der Waals surface area contributed by atoms with Gasteiger partial charge in [0.05, 0.1) is 11.1 Å². The van der Waals surface area contributed by atoms with Gasteiger partial charge in [-0.25, -0.2) is 5.43 Å². The van der Waals surface area contributed by atoms with Crippen LogP contribution in [0.3, 0.4) is 0 Å². The van der Waals surface area contributed by atoms with E-state index in [1.807, 2.05) is 50.2 Å². The van der Waals surface area contributed by atoms with Crippen LogP contribution in [0.25, 0.3) is 11.3 Å². The molecule has 0 aliphatic carbocycles. The molecule has 0 radical (unpaired) electrons. The van der Waals surface area contributed by atoms with Gasteiger partial charge in [0, 0.05) is 34.1 Å². The Morgan fingerprint density at radius 2 is 1.48 bits per heavy atom. The summed E-state index contributed by atoms with van der Waals surface area (Å²) in [7, 11) is 0. The molecule has 0 bridgehead atoms. The zero-order valence-corrected chi connectivity index (χ0v) is 22.2. The standard InChI is InChI=1S/C28H23ClN8O3/c1-17-3-8-22(15-18(17)2)32-27-33-26(31-21-9-11-23(12-10-21)37(38)39)34-28(35-27)36-30-16-24-13-14-25(40-24)19-4-6-20(29)7-5-19/h3-16H,1-2H3,(H3,31,32,33,34,35,36)/b30-16+. The van der Waals surface area contributed by atoms with E-state index in [0.29, 0.717) is 22.2 Å². The summed E-state index contributed by atoms with van der Waals surface area (Å²) in [6, 6.07) is 22.8. The third-order valence-electron chi connectivity index (χ3n) is 5.84. The molecule has 0 fully saturated rings. The molecule has 5 aromatic rings. The van der Waals surface area contributed by atoms with Crippen molar-refractivity contribution in [3.8, 4) is 11.3 Å². The van der Waals surface area contributed by atoms with Gasteiger partial charge in [-0.3, -0.25) is 10.1 Å². The molecule has 200 valence electrons. The molecular weight excluding hydrogens is 532 g/mol. The molecule has 11 nitrogen and oxygen atoms in total. The first-order valence-corrected chi connectivity index (χ1v) is 12.5. The van der Waals surface area contributed by atoms with Gasteiger partial charge in [0.2, 0.25) is 17.8 Å². The lowest BCUT2D eigenvalue weighted by molar-refractivity contribution is -0.384. The van der Waals surface area contributed by atoms with Crippen molar-refractivity contribution in [2.75, 3.05) is 16.1 Å². The first-order chi connectivity index (χ1) is 19.3. The van der Waals surface area contributed by atoms with Crippen molar-refractivity contribution in [3.05, 3.63) is 111 Å². The minimum Gasteiger partial charge on any atom is -0.455 e. The van der Waals surface area contributed by atoms with Crippen LogP contribution in [-0.4, -0.2) is 26.1 Å². The molecule has 5 rings (SSSR count). The summed E-state index contributed by atoms with van der Waals surface area (Å²) in [6.07, 6.45) is 1.50. The maximum absolute atomic E-state index is 11.0. The number of aryl methyl sites for hydroxylation is 2. The fourth-order valence-corrected chi connectivity index (χ4v) is 3.75. The second-order valence-electron chi connectivity index (χ2n) is 8.74. The van der Waals surface area contributed by atoms with E-state index < -0.39 is 4.92 Å². The van der Waals surface area contributed by atoms with Crippen molar-refractivity contribution in [2.45, 2.75) is 13.8 Å². The van der Waals surface area contributed by atoms with Crippen LogP contribution < -0.4 is 16.1 Å². The average Bonchev–Trinajstić information content (AvgIpc) is 3.40. The number of anilines is 5. The Morgan fingerprint density at radius 1 is 0.825 bits per heavy atom. The molecule has 3 N–H and O–H groups in total. The summed E-state index contributed by atoms with van der Waals surface area (Å²) in [5, 5.41) is 22.1. The Balaban J connectivity index is 1.36. The molecule has 0 saturated heterocycles. The molecule has 0 spiro atoms. The largest absolute Gasteiger partial charge is 0.455 e. The first kappa shape index (κ1) is 26.3. The van der Waals surface area contributed by atoms with Crippen LogP contribution in [0, 0.1) is 24.0 Å². The summed E-state index contributed by atoms with van der Waals surface area (Å²) in [5.41, 5.74) is 7.31. The van der Waals surface area contributed by atoms with Gasteiger partial charge in [0.25, 0.3) is 5.69 Å². The Morgan fingerprint density at radius 3 is 2.15 bits per heavy atom. The van der Waals surface area contributed by atoms with Gasteiger partial charge in [-0.1, -0.05) is 17.7 Å². The lowest BCUT2D eigenvalue weighted by Gasteiger charge is -2.11. The number of halogens is 1. The van der Waals surface area contributed by atoms with Crippen LogP contribution in [0.4, 0.5) is 34.9 Å². The maximum Gasteiger partial charge on any atom is 0.269 e. The van der Waals surface area contributed by atoms with Gasteiger partial charge in [-0.15, -0.1) is 0 Å². The fourth-order valence-electron chi connectivity index (χ4n) is 3.63. The molecule has 0 amide bonds. The molecular formula is C28H23ClN8O3. The van der Waals surface area contributed by atoms with Gasteiger partial charge in [0.15, 0.2) is 0 Å². The van der Waals surface area contributed by atoms with Crippen molar-refractivity contribution in [1.82, 2.24) is 15.0 Å². The highest BCUT2D eigenvalue weighted by Crippen LogP contribution is 2.24. The van der Waals surface area contributed by atoms with E-state index in [-0.39, 0.29) is 23.5 Å². The zero-order valence-electron chi connectivity index (χ0n) is 21.4. The normalized spacial score (nSPS) is 11.0. The van der Waals surface area contributed by atoms with Gasteiger partial charge < -0.3 is 15.1 Å². The first-order valence-electron chi connectivity index (χ1n) is 12.1.